The van der Waals surface area contributed by atoms with E-state index in [9.17, 15) is 19.5 Å². The van der Waals surface area contributed by atoms with Crippen LogP contribution in [0.2, 0.25) is 0 Å². The molecular weight excluding hydrogens is 284 g/mol. The molecule has 22 heavy (non-hydrogen) atoms. The number of amides is 2. The second-order valence-corrected chi connectivity index (χ2v) is 6.07. The molecule has 116 valence electrons. The summed E-state index contributed by atoms with van der Waals surface area (Å²) in [7, 11) is 0. The topological polar surface area (TPSA) is 95.5 Å². The van der Waals surface area contributed by atoms with Crippen LogP contribution in [0.25, 0.3) is 0 Å². The molecule has 1 saturated carbocycles. The number of carboxylic acid groups (broad SMARTS) is 1. The quantitative estimate of drug-likeness (QED) is 0.791. The number of carbonyl (C=O) groups excluding carboxylic acids is 2. The van der Waals surface area contributed by atoms with Gasteiger partial charge in [-0.1, -0.05) is 18.9 Å². The number of benzene rings is 1. The maximum absolute atomic E-state index is 12.2. The van der Waals surface area contributed by atoms with Crippen molar-refractivity contribution >= 4 is 23.5 Å². The molecule has 0 spiro atoms. The summed E-state index contributed by atoms with van der Waals surface area (Å²) in [6.07, 6.45) is 2.76. The van der Waals surface area contributed by atoms with Crippen molar-refractivity contribution < 1.29 is 19.5 Å². The van der Waals surface area contributed by atoms with Crippen LogP contribution in [-0.4, -0.2) is 22.9 Å². The Morgan fingerprint density at radius 1 is 1.27 bits per heavy atom. The molecule has 3 N–H and O–H groups in total. The summed E-state index contributed by atoms with van der Waals surface area (Å²) in [5.41, 5.74) is 1.06. The molecule has 2 amide bonds. The first kappa shape index (κ1) is 14.6. The van der Waals surface area contributed by atoms with E-state index >= 15 is 0 Å². The van der Waals surface area contributed by atoms with Gasteiger partial charge in [0.15, 0.2) is 0 Å². The molecule has 1 aliphatic heterocycles. The highest BCUT2D eigenvalue weighted by atomic mass is 16.4. The molecule has 0 atom stereocenters. The average Bonchev–Trinajstić information content (AvgIpc) is 3.08. The fourth-order valence-electron chi connectivity index (χ4n) is 3.32. The van der Waals surface area contributed by atoms with Crippen molar-refractivity contribution in [2.45, 2.75) is 38.6 Å². The molecule has 0 saturated heterocycles. The van der Waals surface area contributed by atoms with Crippen LogP contribution in [0.3, 0.4) is 0 Å². The van der Waals surface area contributed by atoms with Crippen molar-refractivity contribution in [1.82, 2.24) is 5.32 Å². The maximum Gasteiger partial charge on any atom is 0.310 e. The Kier molecular flexibility index (Phi) is 3.60. The van der Waals surface area contributed by atoms with Crippen LogP contribution in [0.5, 0.6) is 0 Å². The lowest BCUT2D eigenvalue weighted by molar-refractivity contribution is -0.150. The molecule has 0 unspecified atom stereocenters. The highest BCUT2D eigenvalue weighted by molar-refractivity contribution is 6.01. The van der Waals surface area contributed by atoms with E-state index in [-0.39, 0.29) is 18.2 Å². The van der Waals surface area contributed by atoms with E-state index in [1.165, 1.54) is 0 Å². The minimum Gasteiger partial charge on any atom is -0.481 e. The molecule has 0 radical (unpaired) electrons. The summed E-state index contributed by atoms with van der Waals surface area (Å²) < 4.78 is 0. The Morgan fingerprint density at radius 2 is 2.00 bits per heavy atom. The summed E-state index contributed by atoms with van der Waals surface area (Å²) in [5, 5.41) is 14.8. The van der Waals surface area contributed by atoms with Gasteiger partial charge in [-0.25, -0.2) is 0 Å². The van der Waals surface area contributed by atoms with E-state index in [4.69, 9.17) is 0 Å². The molecule has 1 fully saturated rings. The van der Waals surface area contributed by atoms with Crippen molar-refractivity contribution in [3.8, 4) is 0 Å². The molecule has 6 heteroatoms. The predicted molar refractivity (Wildman–Crippen MR) is 79.4 cm³/mol. The third-order valence-corrected chi connectivity index (χ3v) is 4.59. The van der Waals surface area contributed by atoms with Crippen molar-refractivity contribution in [1.29, 1.82) is 0 Å². The van der Waals surface area contributed by atoms with Crippen LogP contribution in [0.4, 0.5) is 5.69 Å². The highest BCUT2D eigenvalue weighted by Gasteiger charge is 2.43. The number of carboxylic acids is 1. The Balaban J connectivity index is 1.71. The van der Waals surface area contributed by atoms with Crippen molar-refractivity contribution in [2.75, 3.05) is 5.32 Å². The van der Waals surface area contributed by atoms with E-state index in [0.29, 0.717) is 30.6 Å². The van der Waals surface area contributed by atoms with Gasteiger partial charge in [0.1, 0.15) is 0 Å². The van der Waals surface area contributed by atoms with E-state index in [1.807, 2.05) is 0 Å². The SMILES string of the molecule is O=C(CC1(C(=O)O)CCCC1)Nc1ccc2c(c1)C(=O)NC2. The summed E-state index contributed by atoms with van der Waals surface area (Å²) in [6, 6.07) is 5.17. The van der Waals surface area contributed by atoms with E-state index < -0.39 is 11.4 Å². The van der Waals surface area contributed by atoms with E-state index in [1.54, 1.807) is 18.2 Å². The lowest BCUT2D eigenvalue weighted by Gasteiger charge is -2.22. The minimum atomic E-state index is -0.932. The normalized spacial score (nSPS) is 18.6. The molecule has 1 heterocycles. The van der Waals surface area contributed by atoms with E-state index in [0.717, 1.165) is 18.4 Å². The number of nitrogens with one attached hydrogen (secondary N) is 2. The van der Waals surface area contributed by atoms with Crippen molar-refractivity contribution in [3.05, 3.63) is 29.3 Å². The number of hydrogen-bond acceptors (Lipinski definition) is 3. The fraction of sp³-hybridized carbons (Fsp3) is 0.438. The summed E-state index contributed by atoms with van der Waals surface area (Å²) in [6.45, 7) is 0.504. The van der Waals surface area contributed by atoms with E-state index in [2.05, 4.69) is 10.6 Å². The van der Waals surface area contributed by atoms with Gasteiger partial charge in [0.25, 0.3) is 5.91 Å². The highest BCUT2D eigenvalue weighted by Crippen LogP contribution is 2.41. The van der Waals surface area contributed by atoms with Crippen molar-refractivity contribution in [2.24, 2.45) is 5.41 Å². The van der Waals surface area contributed by atoms with Gasteiger partial charge in [0.05, 0.1) is 5.41 Å². The molecule has 2 aliphatic rings. The molecular formula is C16H18N2O4. The third kappa shape index (κ3) is 2.56. The standard InChI is InChI=1S/C16H18N2O4/c19-13(8-16(15(21)22)5-1-2-6-16)18-11-4-3-10-9-17-14(20)12(10)7-11/h3-4,7H,1-2,5-6,8-9H2,(H,17,20)(H,18,19)(H,21,22). The predicted octanol–water partition coefficient (Wildman–Crippen LogP) is 1.90. The number of anilines is 1. The first-order chi connectivity index (χ1) is 10.5. The smallest absolute Gasteiger partial charge is 0.310 e. The summed E-state index contributed by atoms with van der Waals surface area (Å²) in [4.78, 5) is 35.3. The lowest BCUT2D eigenvalue weighted by atomic mass is 9.82. The second kappa shape index (κ2) is 5.44. The Bertz CT molecular complexity index is 648. The first-order valence-corrected chi connectivity index (χ1v) is 7.45. The van der Waals surface area contributed by atoms with Gasteiger partial charge in [-0.2, -0.15) is 0 Å². The number of hydrogen-bond donors (Lipinski definition) is 3. The molecule has 3 rings (SSSR count). The van der Waals surface area contributed by atoms with Crippen LogP contribution < -0.4 is 10.6 Å². The maximum atomic E-state index is 12.2. The molecule has 0 aromatic heterocycles. The van der Waals surface area contributed by atoms with Gasteiger partial charge in [0.2, 0.25) is 5.91 Å². The Morgan fingerprint density at radius 3 is 2.68 bits per heavy atom. The van der Waals surface area contributed by atoms with Crippen LogP contribution in [-0.2, 0) is 16.1 Å². The molecule has 0 bridgehead atoms. The Labute approximate surface area is 127 Å². The number of fused-ring (bicyclic) bond motifs is 1. The lowest BCUT2D eigenvalue weighted by Crippen LogP contribution is -2.32. The zero-order valence-electron chi connectivity index (χ0n) is 12.1. The van der Waals surface area contributed by atoms with Crippen molar-refractivity contribution in [3.63, 3.8) is 0 Å². The van der Waals surface area contributed by atoms with Gasteiger partial charge in [-0.15, -0.1) is 0 Å². The average molecular weight is 302 g/mol. The summed E-state index contributed by atoms with van der Waals surface area (Å²) >= 11 is 0. The number of rotatable bonds is 4. The molecule has 6 nitrogen and oxygen atoms in total. The fourth-order valence-corrected chi connectivity index (χ4v) is 3.32. The van der Waals surface area contributed by atoms with Gasteiger partial charge >= 0.3 is 5.97 Å². The first-order valence-electron chi connectivity index (χ1n) is 7.45. The van der Waals surface area contributed by atoms with Gasteiger partial charge in [0, 0.05) is 24.2 Å². The minimum absolute atomic E-state index is 0.0222. The monoisotopic (exact) mass is 302 g/mol. The molecule has 1 aromatic rings. The Hall–Kier alpha value is -2.37. The third-order valence-electron chi connectivity index (χ3n) is 4.59. The van der Waals surface area contributed by atoms with Gasteiger partial charge < -0.3 is 15.7 Å². The van der Waals surface area contributed by atoms with Crippen LogP contribution >= 0.6 is 0 Å². The van der Waals surface area contributed by atoms with Crippen LogP contribution in [0.1, 0.15) is 48.0 Å². The largest absolute Gasteiger partial charge is 0.481 e. The van der Waals surface area contributed by atoms with Crippen LogP contribution in [0.15, 0.2) is 18.2 Å². The number of aliphatic carboxylic acids is 1. The van der Waals surface area contributed by atoms with Crippen LogP contribution in [0, 0.1) is 5.41 Å². The number of carbonyl (C=O) groups is 3. The zero-order valence-corrected chi connectivity index (χ0v) is 12.1. The second-order valence-electron chi connectivity index (χ2n) is 6.07. The molecule has 1 aliphatic carbocycles. The molecule has 1 aromatic carbocycles. The zero-order chi connectivity index (χ0) is 15.7. The summed E-state index contributed by atoms with van der Waals surface area (Å²) in [5.74, 6) is -1.36. The van der Waals surface area contributed by atoms with Gasteiger partial charge in [-0.3, -0.25) is 14.4 Å². The van der Waals surface area contributed by atoms with Gasteiger partial charge in [-0.05, 0) is 30.5 Å².